The van der Waals surface area contributed by atoms with Crippen molar-refractivity contribution in [3.8, 4) is 5.75 Å². The van der Waals surface area contributed by atoms with Crippen molar-refractivity contribution in [3.05, 3.63) is 47.2 Å². The molecule has 0 saturated carbocycles. The van der Waals surface area contributed by atoms with Crippen LogP contribution in [0.1, 0.15) is 0 Å². The summed E-state index contributed by atoms with van der Waals surface area (Å²) in [4.78, 5) is 0.703. The fraction of sp³-hybridized carbons (Fsp3) is 0. The summed E-state index contributed by atoms with van der Waals surface area (Å²) in [7, 11) is 0. The number of anilines is 2. The molecule has 0 aromatic heterocycles. The van der Waals surface area contributed by atoms with Crippen molar-refractivity contribution in [1.29, 1.82) is 0 Å². The maximum atomic E-state index is 13.6. The third-order valence-electron chi connectivity index (χ3n) is 2.65. The van der Waals surface area contributed by atoms with Gasteiger partial charge in [-0.3, -0.25) is 0 Å². The molecule has 2 aromatic carbocycles. The van der Waals surface area contributed by atoms with Gasteiger partial charge in [-0.15, -0.1) is 0 Å². The Morgan fingerprint density at radius 3 is 2.90 bits per heavy atom. The molecule has 7 heteroatoms. The molecule has 20 heavy (non-hydrogen) atoms. The van der Waals surface area contributed by atoms with E-state index >= 15 is 0 Å². The lowest BCUT2D eigenvalue weighted by molar-refractivity contribution is 0.476. The van der Waals surface area contributed by atoms with Crippen LogP contribution in [0.2, 0.25) is 5.02 Å². The molecule has 0 atom stereocenters. The van der Waals surface area contributed by atoms with Gasteiger partial charge < -0.3 is 15.7 Å². The minimum absolute atomic E-state index is 0.0164. The average molecular weight is 310 g/mol. The summed E-state index contributed by atoms with van der Waals surface area (Å²) in [6.07, 6.45) is 0. The SMILES string of the molecule is Oc1cc(Cl)cc2c1NC(Nc1ccccc1F)=NS2. The number of aromatic hydroxyl groups is 1. The highest BCUT2D eigenvalue weighted by atomic mass is 35.5. The first-order valence-electron chi connectivity index (χ1n) is 5.69. The molecule has 0 bridgehead atoms. The topological polar surface area (TPSA) is 56.6 Å². The maximum Gasteiger partial charge on any atom is 0.212 e. The molecular weight excluding hydrogens is 301 g/mol. The molecule has 1 aliphatic heterocycles. The molecule has 0 amide bonds. The van der Waals surface area contributed by atoms with Gasteiger partial charge in [0, 0.05) is 23.0 Å². The van der Waals surface area contributed by atoms with Gasteiger partial charge in [0.2, 0.25) is 5.96 Å². The van der Waals surface area contributed by atoms with E-state index < -0.39 is 0 Å². The van der Waals surface area contributed by atoms with Crippen LogP contribution < -0.4 is 10.6 Å². The van der Waals surface area contributed by atoms with Gasteiger partial charge in [-0.1, -0.05) is 23.7 Å². The number of nitrogens with zero attached hydrogens (tertiary/aromatic N) is 1. The number of para-hydroxylation sites is 1. The quantitative estimate of drug-likeness (QED) is 0.548. The van der Waals surface area contributed by atoms with Crippen molar-refractivity contribution < 1.29 is 9.50 Å². The van der Waals surface area contributed by atoms with Crippen LogP contribution in [-0.4, -0.2) is 11.1 Å². The first-order chi connectivity index (χ1) is 9.63. The summed E-state index contributed by atoms with van der Waals surface area (Å²) in [6, 6.07) is 9.39. The Labute approximate surface area is 123 Å². The second kappa shape index (κ2) is 5.22. The Morgan fingerprint density at radius 1 is 1.30 bits per heavy atom. The third kappa shape index (κ3) is 2.52. The van der Waals surface area contributed by atoms with Crippen molar-refractivity contribution in [1.82, 2.24) is 0 Å². The molecule has 0 unspecified atom stereocenters. The lowest BCUT2D eigenvalue weighted by atomic mass is 10.3. The van der Waals surface area contributed by atoms with Gasteiger partial charge in [0.05, 0.1) is 16.3 Å². The molecule has 102 valence electrons. The maximum absolute atomic E-state index is 13.6. The molecule has 0 aliphatic carbocycles. The highest BCUT2D eigenvalue weighted by molar-refractivity contribution is 7.98. The summed E-state index contributed by atoms with van der Waals surface area (Å²) in [6.45, 7) is 0. The van der Waals surface area contributed by atoms with Crippen LogP contribution in [0.15, 0.2) is 45.7 Å². The normalized spacial score (nSPS) is 13.2. The van der Waals surface area contributed by atoms with Crippen molar-refractivity contribution in [3.63, 3.8) is 0 Å². The number of hydrogen-bond acceptors (Lipinski definition) is 5. The monoisotopic (exact) mass is 309 g/mol. The first kappa shape index (κ1) is 13.1. The minimum Gasteiger partial charge on any atom is -0.506 e. The molecule has 1 aliphatic rings. The summed E-state index contributed by atoms with van der Waals surface area (Å²) >= 11 is 7.00. The van der Waals surface area contributed by atoms with E-state index in [2.05, 4.69) is 15.0 Å². The Morgan fingerprint density at radius 2 is 2.10 bits per heavy atom. The second-order valence-corrected chi connectivity index (χ2v) is 5.30. The summed E-state index contributed by atoms with van der Waals surface area (Å²) < 4.78 is 17.7. The van der Waals surface area contributed by atoms with Crippen LogP contribution >= 0.6 is 23.5 Å². The van der Waals surface area contributed by atoms with E-state index in [0.29, 0.717) is 27.3 Å². The zero-order chi connectivity index (χ0) is 14.1. The van der Waals surface area contributed by atoms with Gasteiger partial charge in [-0.25, -0.2) is 4.39 Å². The average Bonchev–Trinajstić information content (AvgIpc) is 2.42. The molecule has 0 radical (unpaired) electrons. The minimum atomic E-state index is -0.381. The Bertz CT molecular complexity index is 708. The van der Waals surface area contributed by atoms with Crippen LogP contribution in [-0.2, 0) is 0 Å². The number of rotatable bonds is 1. The van der Waals surface area contributed by atoms with Gasteiger partial charge >= 0.3 is 0 Å². The molecule has 0 spiro atoms. The zero-order valence-corrected chi connectivity index (χ0v) is 11.6. The fourth-order valence-electron chi connectivity index (χ4n) is 1.75. The summed E-state index contributed by atoms with van der Waals surface area (Å²) in [5, 5.41) is 16.0. The number of fused-ring (bicyclic) bond motifs is 1. The molecule has 0 saturated heterocycles. The number of nitrogens with one attached hydrogen (secondary N) is 2. The molecular formula is C13H9ClFN3OS. The fourth-order valence-corrected chi connectivity index (χ4v) is 2.73. The van der Waals surface area contributed by atoms with Crippen molar-refractivity contribution in [2.75, 3.05) is 10.6 Å². The Hall–Kier alpha value is -1.92. The highest BCUT2D eigenvalue weighted by Crippen LogP contribution is 2.40. The lowest BCUT2D eigenvalue weighted by Gasteiger charge is -2.19. The van der Waals surface area contributed by atoms with Gasteiger partial charge in [0.15, 0.2) is 0 Å². The molecule has 0 fully saturated rings. The summed E-state index contributed by atoms with van der Waals surface area (Å²) in [5.74, 6) is -0.0268. The van der Waals surface area contributed by atoms with Crippen molar-refractivity contribution >= 4 is 40.9 Å². The van der Waals surface area contributed by atoms with Gasteiger partial charge in [-0.2, -0.15) is 4.40 Å². The molecule has 3 N–H and O–H groups in total. The van der Waals surface area contributed by atoms with Crippen LogP contribution in [0.3, 0.4) is 0 Å². The van der Waals surface area contributed by atoms with Crippen LogP contribution in [0, 0.1) is 5.82 Å². The van der Waals surface area contributed by atoms with E-state index in [0.717, 1.165) is 11.9 Å². The van der Waals surface area contributed by atoms with Crippen molar-refractivity contribution in [2.24, 2.45) is 4.40 Å². The standard InChI is InChI=1S/C13H9ClFN3OS/c14-7-5-10(19)12-11(6-7)20-18-13(17-12)16-9-4-2-1-3-8(9)15/h1-6,19H,(H2,16,17,18). The number of benzene rings is 2. The van der Waals surface area contributed by atoms with E-state index in [1.54, 1.807) is 24.3 Å². The Balaban J connectivity index is 1.85. The van der Waals surface area contributed by atoms with Crippen molar-refractivity contribution in [2.45, 2.75) is 4.90 Å². The number of hydrogen-bond donors (Lipinski definition) is 3. The number of halogens is 2. The zero-order valence-electron chi connectivity index (χ0n) is 10.0. The van der Waals surface area contributed by atoms with E-state index in [1.807, 2.05) is 0 Å². The van der Waals surface area contributed by atoms with Crippen LogP contribution in [0.4, 0.5) is 15.8 Å². The molecule has 2 aromatic rings. The number of guanidine groups is 1. The van der Waals surface area contributed by atoms with Gasteiger partial charge in [-0.05, 0) is 18.2 Å². The Kier molecular flexibility index (Phi) is 3.42. The summed E-state index contributed by atoms with van der Waals surface area (Å²) in [5.41, 5.74) is 0.796. The number of phenols is 1. The smallest absolute Gasteiger partial charge is 0.212 e. The predicted molar refractivity (Wildman–Crippen MR) is 80.1 cm³/mol. The first-order valence-corrected chi connectivity index (χ1v) is 6.85. The van der Waals surface area contributed by atoms with E-state index in [9.17, 15) is 9.50 Å². The van der Waals surface area contributed by atoms with E-state index in [1.165, 1.54) is 12.1 Å². The molecule has 4 nitrogen and oxygen atoms in total. The van der Waals surface area contributed by atoms with Crippen LogP contribution in [0.25, 0.3) is 0 Å². The third-order valence-corrected chi connectivity index (χ3v) is 3.66. The molecule has 1 heterocycles. The van der Waals surface area contributed by atoms with Gasteiger partial charge in [0.25, 0.3) is 0 Å². The van der Waals surface area contributed by atoms with Crippen LogP contribution in [0.5, 0.6) is 5.75 Å². The second-order valence-electron chi connectivity index (χ2n) is 4.06. The van der Waals surface area contributed by atoms with E-state index in [4.69, 9.17) is 11.6 Å². The van der Waals surface area contributed by atoms with E-state index in [-0.39, 0.29) is 11.6 Å². The largest absolute Gasteiger partial charge is 0.506 e. The number of phenolic OH excluding ortho intramolecular Hbond substituents is 1. The highest BCUT2D eigenvalue weighted by Gasteiger charge is 2.18. The lowest BCUT2D eigenvalue weighted by Crippen LogP contribution is -2.24. The predicted octanol–water partition coefficient (Wildman–Crippen LogP) is 4.09. The van der Waals surface area contributed by atoms with Gasteiger partial charge in [0.1, 0.15) is 11.6 Å². The molecule has 3 rings (SSSR count).